The normalized spacial score (nSPS) is 15.7. The van der Waals surface area contributed by atoms with E-state index in [4.69, 9.17) is 16.3 Å². The fourth-order valence-corrected chi connectivity index (χ4v) is 2.65. The summed E-state index contributed by atoms with van der Waals surface area (Å²) in [5.41, 5.74) is 0. The summed E-state index contributed by atoms with van der Waals surface area (Å²) in [7, 11) is 0. The van der Waals surface area contributed by atoms with Crippen molar-refractivity contribution in [1.82, 2.24) is 14.7 Å². The number of para-hydroxylation sites is 1. The van der Waals surface area contributed by atoms with Gasteiger partial charge in [0.15, 0.2) is 10.9 Å². The summed E-state index contributed by atoms with van der Waals surface area (Å²) in [6.07, 6.45) is 4.28. The standard InChI is InChI=1S/C15H18ClN3O/c16-15-14(20-13-6-2-1-3-7-13)12-17-19(15)11-10-18-8-4-5-9-18/h1-3,6-7,12H,4-5,8-11H2. The Balaban J connectivity index is 1.62. The second-order valence-electron chi connectivity index (χ2n) is 4.99. The van der Waals surface area contributed by atoms with Gasteiger partial charge >= 0.3 is 0 Å². The van der Waals surface area contributed by atoms with E-state index in [0.29, 0.717) is 10.9 Å². The predicted octanol–water partition coefficient (Wildman–Crippen LogP) is 3.42. The Morgan fingerprint density at radius 3 is 2.60 bits per heavy atom. The summed E-state index contributed by atoms with van der Waals surface area (Å²) in [5, 5.41) is 4.87. The third-order valence-electron chi connectivity index (χ3n) is 3.54. The van der Waals surface area contributed by atoms with Crippen LogP contribution < -0.4 is 4.74 Å². The van der Waals surface area contributed by atoms with Crippen LogP contribution in [-0.4, -0.2) is 34.3 Å². The number of ether oxygens (including phenoxy) is 1. The number of nitrogens with zero attached hydrogens (tertiary/aromatic N) is 3. The van der Waals surface area contributed by atoms with Crippen LogP contribution in [-0.2, 0) is 6.54 Å². The Kier molecular flexibility index (Phi) is 4.23. The molecule has 0 aliphatic carbocycles. The summed E-state index contributed by atoms with van der Waals surface area (Å²) in [6, 6.07) is 9.62. The minimum absolute atomic E-state index is 0.563. The van der Waals surface area contributed by atoms with Crippen molar-refractivity contribution in [2.75, 3.05) is 19.6 Å². The minimum Gasteiger partial charge on any atom is -0.452 e. The molecule has 5 heteroatoms. The van der Waals surface area contributed by atoms with Crippen LogP contribution in [0.15, 0.2) is 36.5 Å². The summed E-state index contributed by atoms with van der Waals surface area (Å²) < 4.78 is 7.54. The number of aromatic nitrogens is 2. The summed E-state index contributed by atoms with van der Waals surface area (Å²) >= 11 is 6.32. The number of hydrogen-bond acceptors (Lipinski definition) is 3. The molecule has 2 aromatic rings. The Hall–Kier alpha value is -1.52. The van der Waals surface area contributed by atoms with Gasteiger partial charge in [0.1, 0.15) is 5.75 Å². The molecule has 20 heavy (non-hydrogen) atoms. The van der Waals surface area contributed by atoms with Crippen molar-refractivity contribution in [3.05, 3.63) is 41.7 Å². The van der Waals surface area contributed by atoms with Crippen LogP contribution in [0.1, 0.15) is 12.8 Å². The fraction of sp³-hybridized carbons (Fsp3) is 0.400. The van der Waals surface area contributed by atoms with Crippen LogP contribution in [0, 0.1) is 0 Å². The van der Waals surface area contributed by atoms with E-state index in [0.717, 1.165) is 18.8 Å². The van der Waals surface area contributed by atoms with Crippen LogP contribution >= 0.6 is 11.6 Å². The summed E-state index contributed by atoms with van der Waals surface area (Å²) in [4.78, 5) is 2.44. The molecule has 0 spiro atoms. The predicted molar refractivity (Wildman–Crippen MR) is 79.4 cm³/mol. The number of benzene rings is 1. The zero-order valence-electron chi connectivity index (χ0n) is 11.3. The molecule has 0 radical (unpaired) electrons. The lowest BCUT2D eigenvalue weighted by Crippen LogP contribution is -2.24. The SMILES string of the molecule is Clc1c(Oc2ccccc2)cnn1CCN1CCCC1. The average Bonchev–Trinajstić information content (AvgIpc) is 3.10. The van der Waals surface area contributed by atoms with Gasteiger partial charge in [-0.3, -0.25) is 0 Å². The largest absolute Gasteiger partial charge is 0.452 e. The highest BCUT2D eigenvalue weighted by Crippen LogP contribution is 2.28. The molecule has 1 fully saturated rings. The molecule has 0 unspecified atom stereocenters. The summed E-state index contributed by atoms with van der Waals surface area (Å²) in [5.74, 6) is 1.38. The molecule has 1 saturated heterocycles. The van der Waals surface area contributed by atoms with E-state index < -0.39 is 0 Å². The van der Waals surface area contributed by atoms with Crippen molar-refractivity contribution in [1.29, 1.82) is 0 Å². The molecule has 1 aromatic carbocycles. The Morgan fingerprint density at radius 1 is 1.10 bits per heavy atom. The first-order valence-corrected chi connectivity index (χ1v) is 7.37. The van der Waals surface area contributed by atoms with E-state index in [-0.39, 0.29) is 0 Å². The zero-order valence-corrected chi connectivity index (χ0v) is 12.1. The van der Waals surface area contributed by atoms with Crippen molar-refractivity contribution in [3.63, 3.8) is 0 Å². The fourth-order valence-electron chi connectivity index (χ4n) is 2.44. The molecule has 3 rings (SSSR count). The molecule has 106 valence electrons. The van der Waals surface area contributed by atoms with Crippen molar-refractivity contribution in [2.24, 2.45) is 0 Å². The van der Waals surface area contributed by atoms with Gasteiger partial charge in [-0.05, 0) is 38.1 Å². The van der Waals surface area contributed by atoms with E-state index in [1.807, 2.05) is 30.3 Å². The van der Waals surface area contributed by atoms with Crippen molar-refractivity contribution >= 4 is 11.6 Å². The molecule has 0 bridgehead atoms. The van der Waals surface area contributed by atoms with Crippen LogP contribution in [0.2, 0.25) is 5.15 Å². The van der Waals surface area contributed by atoms with Gasteiger partial charge in [0.2, 0.25) is 0 Å². The molecule has 1 aromatic heterocycles. The van der Waals surface area contributed by atoms with Gasteiger partial charge in [-0.1, -0.05) is 29.8 Å². The molecule has 0 N–H and O–H groups in total. The number of hydrogen-bond donors (Lipinski definition) is 0. The van der Waals surface area contributed by atoms with Crippen LogP contribution in [0.3, 0.4) is 0 Å². The van der Waals surface area contributed by atoms with Gasteiger partial charge in [0.05, 0.1) is 12.7 Å². The third-order valence-corrected chi connectivity index (χ3v) is 3.92. The Labute approximate surface area is 123 Å². The summed E-state index contributed by atoms with van der Waals surface area (Å²) in [6.45, 7) is 4.17. The maximum atomic E-state index is 6.32. The molecule has 1 aliphatic heterocycles. The van der Waals surface area contributed by atoms with Crippen molar-refractivity contribution in [3.8, 4) is 11.5 Å². The molecule has 2 heterocycles. The van der Waals surface area contributed by atoms with Gasteiger partial charge in [0.25, 0.3) is 0 Å². The molecule has 0 amide bonds. The molecule has 0 atom stereocenters. The van der Waals surface area contributed by atoms with E-state index >= 15 is 0 Å². The monoisotopic (exact) mass is 291 g/mol. The van der Waals surface area contributed by atoms with E-state index in [1.54, 1.807) is 10.9 Å². The zero-order chi connectivity index (χ0) is 13.8. The van der Waals surface area contributed by atoms with Gasteiger partial charge < -0.3 is 9.64 Å². The van der Waals surface area contributed by atoms with Crippen LogP contribution in [0.25, 0.3) is 0 Å². The molecular weight excluding hydrogens is 274 g/mol. The topological polar surface area (TPSA) is 30.3 Å². The maximum Gasteiger partial charge on any atom is 0.184 e. The lowest BCUT2D eigenvalue weighted by Gasteiger charge is -2.14. The second kappa shape index (κ2) is 6.29. The first kappa shape index (κ1) is 13.5. The van der Waals surface area contributed by atoms with Crippen molar-refractivity contribution in [2.45, 2.75) is 19.4 Å². The Bertz CT molecular complexity index is 550. The van der Waals surface area contributed by atoms with Gasteiger partial charge in [0, 0.05) is 6.54 Å². The first-order valence-electron chi connectivity index (χ1n) is 6.99. The number of likely N-dealkylation sites (tertiary alicyclic amines) is 1. The van der Waals surface area contributed by atoms with E-state index in [1.165, 1.54) is 25.9 Å². The van der Waals surface area contributed by atoms with Gasteiger partial charge in [-0.2, -0.15) is 5.10 Å². The molecule has 4 nitrogen and oxygen atoms in total. The van der Waals surface area contributed by atoms with Gasteiger partial charge in [-0.25, -0.2) is 4.68 Å². The lowest BCUT2D eigenvalue weighted by atomic mass is 10.3. The number of rotatable bonds is 5. The quantitative estimate of drug-likeness (QED) is 0.845. The van der Waals surface area contributed by atoms with Crippen molar-refractivity contribution < 1.29 is 4.74 Å². The van der Waals surface area contributed by atoms with Crippen LogP contribution in [0.4, 0.5) is 0 Å². The average molecular weight is 292 g/mol. The highest BCUT2D eigenvalue weighted by atomic mass is 35.5. The number of halogens is 1. The smallest absolute Gasteiger partial charge is 0.184 e. The first-order chi connectivity index (χ1) is 9.83. The Morgan fingerprint density at radius 2 is 1.85 bits per heavy atom. The molecule has 1 aliphatic rings. The van der Waals surface area contributed by atoms with E-state index in [2.05, 4.69) is 10.00 Å². The molecule has 0 saturated carbocycles. The third kappa shape index (κ3) is 3.14. The van der Waals surface area contributed by atoms with E-state index in [9.17, 15) is 0 Å². The lowest BCUT2D eigenvalue weighted by molar-refractivity contribution is 0.315. The minimum atomic E-state index is 0.563. The highest BCUT2D eigenvalue weighted by Gasteiger charge is 2.14. The second-order valence-corrected chi connectivity index (χ2v) is 5.34. The maximum absolute atomic E-state index is 6.32. The van der Waals surface area contributed by atoms with Crippen LogP contribution in [0.5, 0.6) is 11.5 Å². The van der Waals surface area contributed by atoms with Gasteiger partial charge in [-0.15, -0.1) is 0 Å². The molecular formula is C15H18ClN3O. The highest BCUT2D eigenvalue weighted by molar-refractivity contribution is 6.31.